The predicted octanol–water partition coefficient (Wildman–Crippen LogP) is 14.6. The lowest BCUT2D eigenvalue weighted by Crippen LogP contribution is -2.46. The van der Waals surface area contributed by atoms with Crippen molar-refractivity contribution in [3.8, 4) is 0 Å². The zero-order valence-electron chi connectivity index (χ0n) is 36.2. The van der Waals surface area contributed by atoms with Gasteiger partial charge >= 0.3 is 7.82 Å². The number of amides is 1. The zero-order valence-corrected chi connectivity index (χ0v) is 37.1. The van der Waals surface area contributed by atoms with Crippen LogP contribution in [0.15, 0.2) is 0 Å². The SMILES string of the molecule is CCCCCCCCCCCCCCCCCCCCCCCCCCCCC(=O)N[C@@H](COP(=O)(O)O)[C@H](O)CCCCCCCCCCCCCC. The number of phosphoric acid groups is 1. The molecule has 0 aromatic carbocycles. The summed E-state index contributed by atoms with van der Waals surface area (Å²) in [7, 11) is -4.69. The number of unbranched alkanes of at least 4 members (excludes halogenated alkanes) is 36. The summed E-state index contributed by atoms with van der Waals surface area (Å²) < 4.78 is 16.0. The number of carbonyl (C=O) groups is 1. The van der Waals surface area contributed by atoms with Crippen LogP contribution in [0.3, 0.4) is 0 Å². The summed E-state index contributed by atoms with van der Waals surface area (Å²) in [5.41, 5.74) is 0. The van der Waals surface area contributed by atoms with Gasteiger partial charge in [-0.25, -0.2) is 4.57 Å². The van der Waals surface area contributed by atoms with E-state index in [9.17, 15) is 24.3 Å². The highest BCUT2D eigenvalue weighted by atomic mass is 31.2. The first kappa shape index (κ1) is 53.5. The third-order valence-electron chi connectivity index (χ3n) is 11.3. The Labute approximate surface area is 336 Å². The number of phosphoric ester groups is 1. The number of aliphatic hydroxyl groups excluding tert-OH is 1. The molecule has 0 radical (unpaired) electrons. The fraction of sp³-hybridized carbons (Fsp3) is 0.978. The van der Waals surface area contributed by atoms with E-state index in [2.05, 4.69) is 23.7 Å². The second-order valence-electron chi connectivity index (χ2n) is 16.8. The van der Waals surface area contributed by atoms with Crippen molar-refractivity contribution in [3.05, 3.63) is 0 Å². The van der Waals surface area contributed by atoms with Crippen molar-refractivity contribution < 1.29 is 28.8 Å². The van der Waals surface area contributed by atoms with Crippen LogP contribution in [-0.2, 0) is 13.9 Å². The lowest BCUT2D eigenvalue weighted by molar-refractivity contribution is -0.123. The largest absolute Gasteiger partial charge is 0.469 e. The van der Waals surface area contributed by atoms with E-state index < -0.39 is 26.6 Å². The van der Waals surface area contributed by atoms with Crippen LogP contribution >= 0.6 is 7.82 Å². The van der Waals surface area contributed by atoms with Gasteiger partial charge in [0.1, 0.15) is 0 Å². The molecular weight excluding hydrogens is 693 g/mol. The Morgan fingerprint density at radius 3 is 1.00 bits per heavy atom. The highest BCUT2D eigenvalue weighted by Crippen LogP contribution is 2.36. The van der Waals surface area contributed by atoms with E-state index in [-0.39, 0.29) is 5.91 Å². The third kappa shape index (κ3) is 42.7. The van der Waals surface area contributed by atoms with E-state index in [0.717, 1.165) is 38.5 Å². The van der Waals surface area contributed by atoms with Crippen molar-refractivity contribution in [3.63, 3.8) is 0 Å². The molecule has 0 aromatic rings. The third-order valence-corrected chi connectivity index (χ3v) is 11.8. The van der Waals surface area contributed by atoms with Crippen molar-refractivity contribution in [1.29, 1.82) is 0 Å². The monoisotopic (exact) mass is 788 g/mol. The fourth-order valence-corrected chi connectivity index (χ4v) is 8.06. The molecule has 0 fully saturated rings. The van der Waals surface area contributed by atoms with E-state index in [1.165, 1.54) is 205 Å². The smallest absolute Gasteiger partial charge is 0.391 e. The molecule has 0 bridgehead atoms. The number of hydrogen-bond acceptors (Lipinski definition) is 4. The highest BCUT2D eigenvalue weighted by molar-refractivity contribution is 7.46. The molecule has 7 nitrogen and oxygen atoms in total. The molecule has 0 saturated heterocycles. The van der Waals surface area contributed by atoms with Gasteiger partial charge in [0.05, 0.1) is 18.8 Å². The fourth-order valence-electron chi connectivity index (χ4n) is 7.70. The van der Waals surface area contributed by atoms with Gasteiger partial charge in [0.25, 0.3) is 0 Å². The molecule has 0 heterocycles. The van der Waals surface area contributed by atoms with Gasteiger partial charge in [-0.15, -0.1) is 0 Å². The molecule has 0 spiro atoms. The number of nitrogens with one attached hydrogen (secondary N) is 1. The molecule has 2 atom stereocenters. The van der Waals surface area contributed by atoms with E-state index in [4.69, 9.17) is 0 Å². The van der Waals surface area contributed by atoms with Crippen molar-refractivity contribution in [2.24, 2.45) is 0 Å². The maximum absolute atomic E-state index is 12.6. The molecule has 324 valence electrons. The Bertz CT molecular complexity index is 808. The van der Waals surface area contributed by atoms with Crippen LogP contribution in [0.1, 0.15) is 271 Å². The Balaban J connectivity index is 3.70. The molecule has 0 unspecified atom stereocenters. The Morgan fingerprint density at radius 1 is 0.463 bits per heavy atom. The van der Waals surface area contributed by atoms with Gasteiger partial charge in [-0.05, 0) is 12.8 Å². The first-order chi connectivity index (χ1) is 26.3. The van der Waals surface area contributed by atoms with E-state index in [1.807, 2.05) is 0 Å². The minimum atomic E-state index is -4.69. The molecule has 0 saturated carbocycles. The summed E-state index contributed by atoms with van der Waals surface area (Å²) in [6, 6.07) is -0.818. The Hall–Kier alpha value is -0.460. The summed E-state index contributed by atoms with van der Waals surface area (Å²) >= 11 is 0. The highest BCUT2D eigenvalue weighted by Gasteiger charge is 2.25. The van der Waals surface area contributed by atoms with Crippen molar-refractivity contribution in [2.75, 3.05) is 6.61 Å². The van der Waals surface area contributed by atoms with E-state index >= 15 is 0 Å². The summed E-state index contributed by atoms with van der Waals surface area (Å²) in [6.07, 6.45) is 49.7. The number of aliphatic hydroxyl groups is 1. The standard InChI is InChI=1S/C46H94NO6P/c1-3-5-7-9-11-13-15-17-18-19-20-21-22-23-24-25-26-27-28-29-30-32-34-36-38-40-42-46(49)47-44(43-53-54(50,51)52)45(48)41-39-37-35-33-31-16-14-12-10-8-6-4-2/h44-45,48H,3-43H2,1-2H3,(H,47,49)(H2,50,51,52)/t44-,45+/m0/s1. The number of carbonyl (C=O) groups excluding carboxylic acids is 1. The molecule has 0 aliphatic rings. The lowest BCUT2D eigenvalue weighted by Gasteiger charge is -2.24. The quantitative estimate of drug-likeness (QED) is 0.0361. The van der Waals surface area contributed by atoms with Gasteiger partial charge in [0.15, 0.2) is 0 Å². The topological polar surface area (TPSA) is 116 Å². The number of rotatable bonds is 45. The van der Waals surface area contributed by atoms with Gasteiger partial charge in [-0.2, -0.15) is 0 Å². The first-order valence-corrected chi connectivity index (χ1v) is 25.5. The predicted molar refractivity (Wildman–Crippen MR) is 232 cm³/mol. The molecule has 54 heavy (non-hydrogen) atoms. The summed E-state index contributed by atoms with van der Waals surface area (Å²) in [4.78, 5) is 31.0. The molecule has 0 aliphatic carbocycles. The molecule has 4 N–H and O–H groups in total. The Morgan fingerprint density at radius 2 is 0.722 bits per heavy atom. The molecule has 0 aromatic heterocycles. The van der Waals surface area contributed by atoms with Gasteiger partial charge < -0.3 is 20.2 Å². The normalized spacial score (nSPS) is 13.1. The van der Waals surface area contributed by atoms with Gasteiger partial charge in [0.2, 0.25) is 5.91 Å². The van der Waals surface area contributed by atoms with Gasteiger partial charge in [0, 0.05) is 6.42 Å². The van der Waals surface area contributed by atoms with Crippen LogP contribution in [0, 0.1) is 0 Å². The summed E-state index contributed by atoms with van der Waals surface area (Å²) in [6.45, 7) is 4.14. The summed E-state index contributed by atoms with van der Waals surface area (Å²) in [5, 5.41) is 13.5. The lowest BCUT2D eigenvalue weighted by atomic mass is 10.0. The maximum atomic E-state index is 12.6. The van der Waals surface area contributed by atoms with Crippen molar-refractivity contribution in [2.45, 2.75) is 283 Å². The van der Waals surface area contributed by atoms with E-state index in [1.54, 1.807) is 0 Å². The average Bonchev–Trinajstić information content (AvgIpc) is 3.14. The second kappa shape index (κ2) is 42.2. The average molecular weight is 788 g/mol. The van der Waals surface area contributed by atoms with E-state index in [0.29, 0.717) is 12.8 Å². The van der Waals surface area contributed by atoms with Crippen LogP contribution in [0.25, 0.3) is 0 Å². The Kier molecular flexibility index (Phi) is 41.8. The van der Waals surface area contributed by atoms with Crippen LogP contribution in [0.4, 0.5) is 0 Å². The summed E-state index contributed by atoms with van der Waals surface area (Å²) in [5.74, 6) is -0.188. The van der Waals surface area contributed by atoms with Gasteiger partial charge in [-0.1, -0.05) is 251 Å². The molecule has 0 aliphatic heterocycles. The minimum Gasteiger partial charge on any atom is -0.391 e. The number of hydrogen-bond donors (Lipinski definition) is 4. The van der Waals surface area contributed by atoms with Crippen LogP contribution in [0.5, 0.6) is 0 Å². The van der Waals surface area contributed by atoms with Crippen LogP contribution in [0.2, 0.25) is 0 Å². The maximum Gasteiger partial charge on any atom is 0.469 e. The molecule has 1 amide bonds. The minimum absolute atomic E-state index is 0.188. The zero-order chi connectivity index (χ0) is 39.6. The molecular formula is C46H94NO6P. The first-order valence-electron chi connectivity index (χ1n) is 24.0. The van der Waals surface area contributed by atoms with Crippen LogP contribution < -0.4 is 5.32 Å². The van der Waals surface area contributed by atoms with Crippen molar-refractivity contribution in [1.82, 2.24) is 5.32 Å². The van der Waals surface area contributed by atoms with Crippen molar-refractivity contribution >= 4 is 13.7 Å². The molecule has 8 heteroatoms. The van der Waals surface area contributed by atoms with Crippen LogP contribution in [-0.4, -0.2) is 39.6 Å². The van der Waals surface area contributed by atoms with Gasteiger partial charge in [-0.3, -0.25) is 9.32 Å². The second-order valence-corrected chi connectivity index (χ2v) is 18.0. The molecule has 0 rings (SSSR count).